The predicted octanol–water partition coefficient (Wildman–Crippen LogP) is 4.95. The average molecular weight is 432 g/mol. The largest absolute Gasteiger partial charge is 0.361 e. The van der Waals surface area contributed by atoms with Crippen LogP contribution in [0, 0.1) is 5.92 Å². The normalized spacial score (nSPS) is 18.8. The maximum atomic E-state index is 4.85. The van der Waals surface area contributed by atoms with Crippen LogP contribution < -0.4 is 10.2 Å². The molecule has 168 valence electrons. The molecule has 2 aliphatic carbocycles. The van der Waals surface area contributed by atoms with Gasteiger partial charge in [0.05, 0.1) is 17.8 Å². The first kappa shape index (κ1) is 20.9. The molecule has 0 spiro atoms. The zero-order valence-electron chi connectivity index (χ0n) is 19.1. The Hall–Kier alpha value is -2.96. The van der Waals surface area contributed by atoms with Crippen LogP contribution in [0.25, 0.3) is 0 Å². The van der Waals surface area contributed by atoms with Gasteiger partial charge in [-0.05, 0) is 50.2 Å². The van der Waals surface area contributed by atoms with Gasteiger partial charge in [0.2, 0.25) is 5.95 Å². The minimum Gasteiger partial charge on any atom is -0.361 e. The lowest BCUT2D eigenvalue weighted by Gasteiger charge is -2.30. The van der Waals surface area contributed by atoms with E-state index in [0.29, 0.717) is 5.92 Å². The van der Waals surface area contributed by atoms with Crippen molar-refractivity contribution in [2.45, 2.75) is 70.0 Å². The second-order valence-corrected chi connectivity index (χ2v) is 9.69. The predicted molar refractivity (Wildman–Crippen MR) is 126 cm³/mol. The highest BCUT2D eigenvalue weighted by atomic mass is 15.5. The van der Waals surface area contributed by atoms with Crippen molar-refractivity contribution in [3.05, 3.63) is 60.0 Å². The van der Waals surface area contributed by atoms with Crippen molar-refractivity contribution in [1.29, 1.82) is 0 Å². The fourth-order valence-electron chi connectivity index (χ4n) is 4.69. The second kappa shape index (κ2) is 8.88. The van der Waals surface area contributed by atoms with Gasteiger partial charge in [-0.15, -0.1) is 5.10 Å². The van der Waals surface area contributed by atoms with Crippen molar-refractivity contribution in [3.63, 3.8) is 0 Å². The van der Waals surface area contributed by atoms with E-state index in [1.54, 1.807) is 0 Å². The summed E-state index contributed by atoms with van der Waals surface area (Å²) in [6.07, 6.45) is 12.7. The Balaban J connectivity index is 1.36. The topological polar surface area (TPSA) is 71.8 Å². The molecule has 0 aliphatic heterocycles. The van der Waals surface area contributed by atoms with Crippen LogP contribution in [0.1, 0.15) is 69.2 Å². The van der Waals surface area contributed by atoms with Gasteiger partial charge in [0.15, 0.2) is 0 Å². The molecular formula is C25H33N7. The van der Waals surface area contributed by atoms with Crippen LogP contribution in [0.2, 0.25) is 0 Å². The summed E-state index contributed by atoms with van der Waals surface area (Å²) in [6.45, 7) is 3.02. The first-order valence-electron chi connectivity index (χ1n) is 11.9. The maximum absolute atomic E-state index is 4.85. The number of rotatable bonds is 8. The van der Waals surface area contributed by atoms with Gasteiger partial charge < -0.3 is 10.2 Å². The van der Waals surface area contributed by atoms with Gasteiger partial charge >= 0.3 is 0 Å². The lowest BCUT2D eigenvalue weighted by Crippen LogP contribution is -2.25. The molecule has 32 heavy (non-hydrogen) atoms. The number of aromatic nitrogens is 5. The molecule has 2 saturated carbocycles. The molecule has 7 nitrogen and oxygen atoms in total. The van der Waals surface area contributed by atoms with Crippen LogP contribution >= 0.6 is 0 Å². The molecule has 2 aliphatic rings. The Labute approximate surface area is 190 Å². The highest BCUT2D eigenvalue weighted by Gasteiger charge is 2.41. The molecule has 0 bridgehead atoms. The van der Waals surface area contributed by atoms with E-state index >= 15 is 0 Å². The van der Waals surface area contributed by atoms with Crippen molar-refractivity contribution in [2.24, 2.45) is 5.92 Å². The van der Waals surface area contributed by atoms with Gasteiger partial charge in [0.25, 0.3) is 0 Å². The molecule has 1 atom stereocenters. The summed E-state index contributed by atoms with van der Waals surface area (Å²) < 4.78 is 2.07. The summed E-state index contributed by atoms with van der Waals surface area (Å²) in [7, 11) is 2.03. The first-order chi connectivity index (χ1) is 15.6. The Morgan fingerprint density at radius 3 is 2.66 bits per heavy atom. The Kier molecular flexibility index (Phi) is 5.81. The summed E-state index contributed by atoms with van der Waals surface area (Å²) in [5.41, 5.74) is 2.43. The number of nitrogens with zero attached hydrogens (tertiary/aromatic N) is 6. The molecule has 0 saturated heterocycles. The highest BCUT2D eigenvalue weighted by Crippen LogP contribution is 2.43. The zero-order chi connectivity index (χ0) is 22.0. The molecule has 3 aromatic rings. The molecule has 2 aromatic heterocycles. The Morgan fingerprint density at radius 2 is 1.91 bits per heavy atom. The van der Waals surface area contributed by atoms with Crippen molar-refractivity contribution in [1.82, 2.24) is 25.0 Å². The number of hydrogen-bond donors (Lipinski definition) is 1. The van der Waals surface area contributed by atoms with Crippen LogP contribution in [0.4, 0.5) is 11.8 Å². The van der Waals surface area contributed by atoms with Crippen LogP contribution in [0.15, 0.2) is 48.8 Å². The van der Waals surface area contributed by atoms with Gasteiger partial charge in [0, 0.05) is 19.8 Å². The van der Waals surface area contributed by atoms with E-state index in [1.807, 2.05) is 25.4 Å². The molecule has 5 rings (SSSR count). The van der Waals surface area contributed by atoms with Crippen molar-refractivity contribution >= 4 is 11.8 Å². The van der Waals surface area contributed by atoms with E-state index in [0.717, 1.165) is 24.0 Å². The van der Waals surface area contributed by atoms with Crippen LogP contribution in [-0.4, -0.2) is 32.0 Å². The molecule has 2 heterocycles. The van der Waals surface area contributed by atoms with Gasteiger partial charge in [-0.3, -0.25) is 0 Å². The summed E-state index contributed by atoms with van der Waals surface area (Å²) in [6, 6.07) is 12.5. The third-order valence-electron chi connectivity index (χ3n) is 7.03. The average Bonchev–Trinajstić information content (AvgIpc) is 3.38. The summed E-state index contributed by atoms with van der Waals surface area (Å²) in [4.78, 5) is 11.4. The number of nitrogens with one attached hydrogen (secondary N) is 1. The second-order valence-electron chi connectivity index (χ2n) is 9.69. The minimum atomic E-state index is 0.119. The summed E-state index contributed by atoms with van der Waals surface area (Å²) in [5, 5.41) is 12.8. The van der Waals surface area contributed by atoms with Gasteiger partial charge in [-0.2, -0.15) is 4.98 Å². The number of anilines is 2. The Bertz CT molecular complexity index is 1020. The van der Waals surface area contributed by atoms with Crippen LogP contribution in [-0.2, 0) is 12.1 Å². The van der Waals surface area contributed by atoms with E-state index in [4.69, 9.17) is 4.98 Å². The minimum absolute atomic E-state index is 0.119. The smallest absolute Gasteiger partial charge is 0.227 e. The third kappa shape index (κ3) is 4.61. The SMILES string of the molecule is CN(Cc1ccccc1)c1nccc(N[C@H](c2cn(C3(C)CC3)nn2)C2CCCCC2)n1. The van der Waals surface area contributed by atoms with Crippen molar-refractivity contribution < 1.29 is 0 Å². The first-order valence-corrected chi connectivity index (χ1v) is 11.9. The molecule has 2 fully saturated rings. The molecule has 0 radical (unpaired) electrons. The lowest BCUT2D eigenvalue weighted by molar-refractivity contribution is 0.317. The lowest BCUT2D eigenvalue weighted by atomic mass is 9.83. The van der Waals surface area contributed by atoms with Crippen molar-refractivity contribution in [3.8, 4) is 0 Å². The standard InChI is InChI=1S/C25H33N7/c1-25(14-15-25)32-18-21(29-30-32)23(20-11-7-4-8-12-20)27-22-13-16-26-24(28-22)31(2)17-19-9-5-3-6-10-19/h3,5-6,9-10,13,16,18,20,23H,4,7-8,11-12,14-15,17H2,1-2H3,(H,26,27,28)/t23-/m0/s1. The molecule has 0 amide bonds. The van der Waals surface area contributed by atoms with E-state index < -0.39 is 0 Å². The number of benzene rings is 1. The monoisotopic (exact) mass is 431 g/mol. The highest BCUT2D eigenvalue weighted by molar-refractivity contribution is 5.43. The molecular weight excluding hydrogens is 398 g/mol. The van der Waals surface area contributed by atoms with Crippen LogP contribution in [0.3, 0.4) is 0 Å². The molecule has 7 heteroatoms. The van der Waals surface area contributed by atoms with Gasteiger partial charge in [-0.1, -0.05) is 54.8 Å². The number of hydrogen-bond acceptors (Lipinski definition) is 6. The van der Waals surface area contributed by atoms with Gasteiger partial charge in [0.1, 0.15) is 11.5 Å². The van der Waals surface area contributed by atoms with E-state index in [1.165, 1.54) is 50.5 Å². The quantitative estimate of drug-likeness (QED) is 0.544. The van der Waals surface area contributed by atoms with Crippen LogP contribution in [0.5, 0.6) is 0 Å². The van der Waals surface area contributed by atoms with E-state index in [-0.39, 0.29) is 11.6 Å². The third-order valence-corrected chi connectivity index (χ3v) is 7.03. The maximum Gasteiger partial charge on any atom is 0.227 e. The Morgan fingerprint density at radius 1 is 1.12 bits per heavy atom. The fraction of sp³-hybridized carbons (Fsp3) is 0.520. The molecule has 1 N–H and O–H groups in total. The summed E-state index contributed by atoms with van der Waals surface area (Å²) >= 11 is 0. The van der Waals surface area contributed by atoms with E-state index in [9.17, 15) is 0 Å². The fourth-order valence-corrected chi connectivity index (χ4v) is 4.69. The van der Waals surface area contributed by atoms with Crippen molar-refractivity contribution in [2.75, 3.05) is 17.3 Å². The van der Waals surface area contributed by atoms with Gasteiger partial charge in [-0.25, -0.2) is 9.67 Å². The zero-order valence-corrected chi connectivity index (χ0v) is 19.1. The molecule has 1 aromatic carbocycles. The summed E-state index contributed by atoms with van der Waals surface area (Å²) in [5.74, 6) is 2.11. The molecule has 0 unspecified atom stereocenters. The van der Waals surface area contributed by atoms with E-state index in [2.05, 4.69) is 67.6 Å².